The number of carbonyl (C=O) groups is 3. The maximum absolute atomic E-state index is 11.9. The van der Waals surface area contributed by atoms with Crippen LogP contribution in [0.3, 0.4) is 0 Å². The number of aromatic carboxylic acids is 1. The van der Waals surface area contributed by atoms with Gasteiger partial charge in [-0.2, -0.15) is 0 Å². The lowest BCUT2D eigenvalue weighted by Crippen LogP contribution is -2.49. The largest absolute Gasteiger partial charge is 0.478 e. The average Bonchev–Trinajstić information content (AvgIpc) is 2.66. The van der Waals surface area contributed by atoms with Crippen LogP contribution < -0.4 is 15.5 Å². The third-order valence-electron chi connectivity index (χ3n) is 4.49. The number of carbonyl (C=O) groups excluding carboxylic acids is 2. The van der Waals surface area contributed by atoms with Crippen LogP contribution in [0.5, 0.6) is 0 Å². The number of piperazine rings is 1. The summed E-state index contributed by atoms with van der Waals surface area (Å²) in [4.78, 5) is 39.1. The van der Waals surface area contributed by atoms with Gasteiger partial charge in [-0.25, -0.2) is 4.79 Å². The van der Waals surface area contributed by atoms with Crippen molar-refractivity contribution in [1.82, 2.24) is 10.2 Å². The summed E-state index contributed by atoms with van der Waals surface area (Å²) in [7, 11) is 0. The van der Waals surface area contributed by atoms with Crippen molar-refractivity contribution in [1.29, 1.82) is 0 Å². The monoisotopic (exact) mass is 376 g/mol. The van der Waals surface area contributed by atoms with E-state index in [-0.39, 0.29) is 17.4 Å². The fourth-order valence-electron chi connectivity index (χ4n) is 2.95. The third-order valence-corrected chi connectivity index (χ3v) is 4.49. The smallest absolute Gasteiger partial charge is 0.335 e. The molecule has 0 aliphatic carbocycles. The van der Waals surface area contributed by atoms with Crippen LogP contribution in [-0.4, -0.2) is 67.1 Å². The molecule has 0 unspecified atom stereocenters. The molecule has 0 aromatic heterocycles. The van der Waals surface area contributed by atoms with Gasteiger partial charge in [-0.05, 0) is 24.6 Å². The van der Waals surface area contributed by atoms with Crippen molar-refractivity contribution >= 4 is 29.2 Å². The lowest BCUT2D eigenvalue weighted by atomic mass is 10.1. The molecule has 1 aromatic rings. The predicted octanol–water partition coefficient (Wildman–Crippen LogP) is 1.38. The highest BCUT2D eigenvalue weighted by Gasteiger charge is 2.22. The van der Waals surface area contributed by atoms with Crippen molar-refractivity contribution in [3.8, 4) is 0 Å². The van der Waals surface area contributed by atoms with E-state index in [4.69, 9.17) is 0 Å². The van der Waals surface area contributed by atoms with Crippen LogP contribution in [0.2, 0.25) is 0 Å². The first-order valence-electron chi connectivity index (χ1n) is 9.35. The molecule has 1 saturated heterocycles. The van der Waals surface area contributed by atoms with Crippen LogP contribution in [0.1, 0.15) is 37.0 Å². The van der Waals surface area contributed by atoms with Crippen LogP contribution in [0.4, 0.5) is 11.4 Å². The number of carboxylic acids is 1. The zero-order valence-corrected chi connectivity index (χ0v) is 16.0. The second kappa shape index (κ2) is 9.91. The summed E-state index contributed by atoms with van der Waals surface area (Å²) in [6, 6.07) is 4.78. The summed E-state index contributed by atoms with van der Waals surface area (Å²) in [5.41, 5.74) is 1.45. The van der Waals surface area contributed by atoms with E-state index in [2.05, 4.69) is 20.4 Å². The normalized spacial score (nSPS) is 14.7. The molecule has 2 amide bonds. The molecule has 0 saturated carbocycles. The number of nitrogens with one attached hydrogen (secondary N) is 2. The van der Waals surface area contributed by atoms with E-state index in [1.54, 1.807) is 19.1 Å². The zero-order valence-electron chi connectivity index (χ0n) is 16.0. The molecule has 1 fully saturated rings. The van der Waals surface area contributed by atoms with Crippen LogP contribution in [0.15, 0.2) is 18.2 Å². The van der Waals surface area contributed by atoms with E-state index in [0.29, 0.717) is 38.3 Å². The van der Waals surface area contributed by atoms with Crippen molar-refractivity contribution < 1.29 is 19.5 Å². The molecule has 8 heteroatoms. The standard InChI is InChI=1S/C19H28N4O4/c1-3-7-20-18(25)13-22-8-10-23(11-9-22)16-6-5-14(19(26)27)12-15(16)21-17(24)4-2/h5-6,12H,3-4,7-11,13H2,1-2H3,(H,20,25)(H,21,24)(H,26,27). The van der Waals surface area contributed by atoms with Gasteiger partial charge in [-0.1, -0.05) is 13.8 Å². The first-order valence-corrected chi connectivity index (χ1v) is 9.35. The van der Waals surface area contributed by atoms with E-state index in [9.17, 15) is 19.5 Å². The van der Waals surface area contributed by atoms with Gasteiger partial charge in [-0.15, -0.1) is 0 Å². The minimum absolute atomic E-state index is 0.0343. The minimum atomic E-state index is -1.03. The Morgan fingerprint density at radius 2 is 1.78 bits per heavy atom. The molecular weight excluding hydrogens is 348 g/mol. The number of rotatable bonds is 8. The second-order valence-corrected chi connectivity index (χ2v) is 6.55. The number of nitrogens with zero attached hydrogens (tertiary/aromatic N) is 2. The zero-order chi connectivity index (χ0) is 19.8. The van der Waals surface area contributed by atoms with Gasteiger partial charge in [0.15, 0.2) is 0 Å². The molecule has 0 atom stereocenters. The minimum Gasteiger partial charge on any atom is -0.478 e. The van der Waals surface area contributed by atoms with Gasteiger partial charge >= 0.3 is 5.97 Å². The molecule has 0 bridgehead atoms. The summed E-state index contributed by atoms with van der Waals surface area (Å²) >= 11 is 0. The van der Waals surface area contributed by atoms with Crippen LogP contribution in [0, 0.1) is 0 Å². The van der Waals surface area contributed by atoms with Crippen molar-refractivity contribution in [3.63, 3.8) is 0 Å². The summed E-state index contributed by atoms with van der Waals surface area (Å²) < 4.78 is 0. The summed E-state index contributed by atoms with van der Waals surface area (Å²) in [5.74, 6) is -1.16. The van der Waals surface area contributed by atoms with Crippen LogP contribution in [0.25, 0.3) is 0 Å². The first kappa shape index (κ1) is 20.7. The number of benzene rings is 1. The Kier molecular flexibility index (Phi) is 7.60. The van der Waals surface area contributed by atoms with Gasteiger partial charge in [0.2, 0.25) is 11.8 Å². The average molecular weight is 376 g/mol. The molecule has 0 radical (unpaired) electrons. The number of anilines is 2. The molecule has 148 valence electrons. The number of hydrogen-bond donors (Lipinski definition) is 3. The van der Waals surface area contributed by atoms with Gasteiger partial charge in [0.25, 0.3) is 0 Å². The highest BCUT2D eigenvalue weighted by molar-refractivity contribution is 5.97. The molecule has 1 aromatic carbocycles. The lowest BCUT2D eigenvalue weighted by Gasteiger charge is -2.36. The summed E-state index contributed by atoms with van der Waals surface area (Å²) in [5, 5.41) is 14.9. The lowest BCUT2D eigenvalue weighted by molar-refractivity contribution is -0.122. The number of hydrogen-bond acceptors (Lipinski definition) is 5. The Labute approximate surface area is 159 Å². The Morgan fingerprint density at radius 1 is 1.07 bits per heavy atom. The van der Waals surface area contributed by atoms with Crippen molar-refractivity contribution in [2.24, 2.45) is 0 Å². The van der Waals surface area contributed by atoms with E-state index < -0.39 is 5.97 Å². The fourth-order valence-corrected chi connectivity index (χ4v) is 2.95. The van der Waals surface area contributed by atoms with Gasteiger partial charge in [-0.3, -0.25) is 14.5 Å². The quantitative estimate of drug-likeness (QED) is 0.634. The van der Waals surface area contributed by atoms with Crippen molar-refractivity contribution in [2.45, 2.75) is 26.7 Å². The third kappa shape index (κ3) is 5.96. The molecule has 1 aliphatic rings. The Hall–Kier alpha value is -2.61. The fraction of sp³-hybridized carbons (Fsp3) is 0.526. The topological polar surface area (TPSA) is 102 Å². The molecule has 8 nitrogen and oxygen atoms in total. The molecule has 27 heavy (non-hydrogen) atoms. The van der Waals surface area contributed by atoms with E-state index in [0.717, 1.165) is 25.2 Å². The molecule has 3 N–H and O–H groups in total. The SMILES string of the molecule is CCCNC(=O)CN1CCN(c2ccc(C(=O)O)cc2NC(=O)CC)CC1. The molecular formula is C19H28N4O4. The molecule has 0 spiro atoms. The van der Waals surface area contributed by atoms with Gasteiger partial charge in [0.1, 0.15) is 0 Å². The van der Waals surface area contributed by atoms with E-state index in [1.165, 1.54) is 6.07 Å². The van der Waals surface area contributed by atoms with Crippen molar-refractivity contribution in [3.05, 3.63) is 23.8 Å². The number of carboxylic acid groups (broad SMARTS) is 1. The highest BCUT2D eigenvalue weighted by Crippen LogP contribution is 2.28. The van der Waals surface area contributed by atoms with Gasteiger partial charge in [0.05, 0.1) is 23.5 Å². The van der Waals surface area contributed by atoms with Crippen LogP contribution in [-0.2, 0) is 9.59 Å². The number of amides is 2. The molecule has 1 aliphatic heterocycles. The summed E-state index contributed by atoms with van der Waals surface area (Å²) in [6.07, 6.45) is 1.23. The van der Waals surface area contributed by atoms with Crippen LogP contribution >= 0.6 is 0 Å². The predicted molar refractivity (Wildman–Crippen MR) is 104 cm³/mol. The maximum atomic E-state index is 11.9. The highest BCUT2D eigenvalue weighted by atomic mass is 16.4. The molecule has 1 heterocycles. The van der Waals surface area contributed by atoms with E-state index >= 15 is 0 Å². The first-order chi connectivity index (χ1) is 12.9. The van der Waals surface area contributed by atoms with Gasteiger partial charge < -0.3 is 20.6 Å². The maximum Gasteiger partial charge on any atom is 0.335 e. The second-order valence-electron chi connectivity index (χ2n) is 6.55. The Morgan fingerprint density at radius 3 is 2.37 bits per heavy atom. The Bertz CT molecular complexity index is 684. The molecule has 2 rings (SSSR count). The summed E-state index contributed by atoms with van der Waals surface area (Å²) in [6.45, 7) is 7.68. The van der Waals surface area contributed by atoms with Gasteiger partial charge in [0, 0.05) is 39.1 Å². The van der Waals surface area contributed by atoms with E-state index in [1.807, 2.05) is 6.92 Å². The van der Waals surface area contributed by atoms with Crippen molar-refractivity contribution in [2.75, 3.05) is 49.5 Å². The Balaban J connectivity index is 2.04.